The van der Waals surface area contributed by atoms with E-state index in [1.165, 1.54) is 25.0 Å². The second kappa shape index (κ2) is 8.31. The van der Waals surface area contributed by atoms with E-state index in [2.05, 4.69) is 27.7 Å². The minimum Gasteiger partial charge on any atom is -0.0939 e. The molecule has 0 rings (SSSR count). The molecule has 0 unspecified atom stereocenters. The van der Waals surface area contributed by atoms with Gasteiger partial charge >= 0.3 is 0 Å². The van der Waals surface area contributed by atoms with Crippen LogP contribution in [0.3, 0.4) is 0 Å². The first kappa shape index (κ1) is 12.7. The van der Waals surface area contributed by atoms with Gasteiger partial charge in [0, 0.05) is 11.0 Å². The Morgan fingerprint density at radius 2 is 1.67 bits per heavy atom. The van der Waals surface area contributed by atoms with Crippen molar-refractivity contribution in [1.29, 1.82) is 0 Å². The molecule has 2 heteroatoms. The lowest BCUT2D eigenvalue weighted by Gasteiger charge is -2.05. The van der Waals surface area contributed by atoms with Gasteiger partial charge in [-0.1, -0.05) is 62.1 Å². The predicted octanol–water partition coefficient (Wildman–Crippen LogP) is 4.60. The number of hydrogen-bond donors (Lipinski definition) is 0. The molecule has 0 radical (unpaired) electrons. The van der Waals surface area contributed by atoms with Crippen molar-refractivity contribution >= 4 is 21.6 Å². The van der Waals surface area contributed by atoms with Gasteiger partial charge in [0.25, 0.3) is 0 Å². The SMILES string of the molecule is CC(C)CCCCSSC(C)C. The normalized spacial score (nSPS) is 11.5. The van der Waals surface area contributed by atoms with Crippen molar-refractivity contribution in [1.82, 2.24) is 0 Å². The predicted molar refractivity (Wildman–Crippen MR) is 63.9 cm³/mol. The fourth-order valence-corrected chi connectivity index (χ4v) is 3.05. The van der Waals surface area contributed by atoms with Gasteiger partial charge in [-0.3, -0.25) is 0 Å². The molecule has 0 aliphatic carbocycles. The fraction of sp³-hybridized carbons (Fsp3) is 1.00. The Hall–Kier alpha value is 0.700. The maximum absolute atomic E-state index is 2.30. The minimum atomic E-state index is 0.778. The van der Waals surface area contributed by atoms with Gasteiger partial charge in [-0.05, 0) is 12.3 Å². The van der Waals surface area contributed by atoms with Gasteiger partial charge in [-0.15, -0.1) is 0 Å². The summed E-state index contributed by atoms with van der Waals surface area (Å²) in [7, 11) is 4.04. The quantitative estimate of drug-likeness (QED) is 0.441. The van der Waals surface area contributed by atoms with Gasteiger partial charge in [0.1, 0.15) is 0 Å². The molecule has 0 nitrogen and oxygen atoms in total. The van der Waals surface area contributed by atoms with E-state index < -0.39 is 0 Å². The Kier molecular flexibility index (Phi) is 8.79. The smallest absolute Gasteiger partial charge is 0.00944 e. The van der Waals surface area contributed by atoms with Crippen LogP contribution in [0.25, 0.3) is 0 Å². The van der Waals surface area contributed by atoms with Crippen LogP contribution < -0.4 is 0 Å². The summed E-state index contributed by atoms with van der Waals surface area (Å²) in [6, 6.07) is 0. The third-order valence-electron chi connectivity index (χ3n) is 1.52. The average molecular weight is 206 g/mol. The molecule has 0 fully saturated rings. The summed E-state index contributed by atoms with van der Waals surface area (Å²) in [6.07, 6.45) is 4.19. The fourth-order valence-electron chi connectivity index (χ4n) is 0.898. The highest BCUT2D eigenvalue weighted by molar-refractivity contribution is 8.76. The first-order valence-corrected chi connectivity index (χ1v) is 7.29. The summed E-state index contributed by atoms with van der Waals surface area (Å²) in [5, 5.41) is 0.778. The molecule has 0 saturated carbocycles. The Balaban J connectivity index is 2.91. The molecule has 0 aliphatic heterocycles. The zero-order valence-corrected chi connectivity index (χ0v) is 10.4. The molecular formula is C10H22S2. The molecule has 0 aromatic rings. The highest BCUT2D eigenvalue weighted by atomic mass is 33.1. The first-order valence-electron chi connectivity index (χ1n) is 4.91. The standard InChI is InChI=1S/C10H22S2/c1-9(2)7-5-6-8-11-12-10(3)4/h9-10H,5-8H2,1-4H3. The molecule has 0 amide bonds. The highest BCUT2D eigenvalue weighted by Crippen LogP contribution is 2.27. The average Bonchev–Trinajstić information content (AvgIpc) is 1.95. The van der Waals surface area contributed by atoms with E-state index in [1.807, 2.05) is 21.6 Å². The van der Waals surface area contributed by atoms with Crippen LogP contribution in [0.1, 0.15) is 47.0 Å². The zero-order valence-electron chi connectivity index (χ0n) is 8.80. The lowest BCUT2D eigenvalue weighted by Crippen LogP contribution is -1.88. The number of unbranched alkanes of at least 4 members (excludes halogenated alkanes) is 1. The van der Waals surface area contributed by atoms with Crippen LogP contribution in [0.4, 0.5) is 0 Å². The molecule has 0 N–H and O–H groups in total. The Morgan fingerprint density at radius 1 is 1.00 bits per heavy atom. The second-order valence-corrected chi connectivity index (χ2v) is 6.92. The van der Waals surface area contributed by atoms with Crippen LogP contribution in [0.15, 0.2) is 0 Å². The largest absolute Gasteiger partial charge is 0.0939 e. The Labute approximate surface area is 85.7 Å². The molecule has 0 spiro atoms. The summed E-state index contributed by atoms with van der Waals surface area (Å²) >= 11 is 0. The minimum absolute atomic E-state index is 0.778. The van der Waals surface area contributed by atoms with E-state index in [0.717, 1.165) is 11.2 Å². The molecule has 0 aromatic carbocycles. The van der Waals surface area contributed by atoms with E-state index in [1.54, 1.807) is 0 Å². The molecule has 0 aromatic heterocycles. The molecule has 0 saturated heterocycles. The third kappa shape index (κ3) is 10.7. The van der Waals surface area contributed by atoms with Gasteiger partial charge in [0.05, 0.1) is 0 Å². The summed E-state index contributed by atoms with van der Waals surface area (Å²) in [6.45, 7) is 9.11. The summed E-state index contributed by atoms with van der Waals surface area (Å²) in [5.41, 5.74) is 0. The van der Waals surface area contributed by atoms with E-state index in [4.69, 9.17) is 0 Å². The first-order chi connectivity index (χ1) is 5.63. The van der Waals surface area contributed by atoms with Crippen molar-refractivity contribution < 1.29 is 0 Å². The van der Waals surface area contributed by atoms with Gasteiger partial charge in [0.2, 0.25) is 0 Å². The van der Waals surface area contributed by atoms with E-state index in [0.29, 0.717) is 0 Å². The van der Waals surface area contributed by atoms with Gasteiger partial charge in [-0.25, -0.2) is 0 Å². The molecule has 0 aliphatic rings. The van der Waals surface area contributed by atoms with Crippen molar-refractivity contribution in [3.8, 4) is 0 Å². The van der Waals surface area contributed by atoms with Crippen molar-refractivity contribution in [3.63, 3.8) is 0 Å². The van der Waals surface area contributed by atoms with Crippen LogP contribution >= 0.6 is 21.6 Å². The summed E-state index contributed by atoms with van der Waals surface area (Å²) in [4.78, 5) is 0. The Bertz CT molecular complexity index is 77.8. The monoisotopic (exact) mass is 206 g/mol. The van der Waals surface area contributed by atoms with Crippen molar-refractivity contribution in [2.75, 3.05) is 5.75 Å². The van der Waals surface area contributed by atoms with Crippen LogP contribution in [0, 0.1) is 5.92 Å². The molecule has 0 heterocycles. The lowest BCUT2D eigenvalue weighted by atomic mass is 10.1. The van der Waals surface area contributed by atoms with Crippen molar-refractivity contribution in [3.05, 3.63) is 0 Å². The summed E-state index contributed by atoms with van der Waals surface area (Å²) in [5.74, 6) is 2.21. The van der Waals surface area contributed by atoms with Crippen molar-refractivity contribution in [2.24, 2.45) is 5.92 Å². The topological polar surface area (TPSA) is 0 Å². The molecule has 0 bridgehead atoms. The number of rotatable bonds is 7. The third-order valence-corrected chi connectivity index (χ3v) is 4.56. The van der Waals surface area contributed by atoms with E-state index >= 15 is 0 Å². The van der Waals surface area contributed by atoms with E-state index in [9.17, 15) is 0 Å². The van der Waals surface area contributed by atoms with Gasteiger partial charge in [-0.2, -0.15) is 0 Å². The molecule has 0 atom stereocenters. The van der Waals surface area contributed by atoms with Crippen LogP contribution in [0.5, 0.6) is 0 Å². The lowest BCUT2D eigenvalue weighted by molar-refractivity contribution is 0.552. The second-order valence-electron chi connectivity index (χ2n) is 3.86. The van der Waals surface area contributed by atoms with Crippen LogP contribution in [-0.2, 0) is 0 Å². The Morgan fingerprint density at radius 3 is 2.17 bits per heavy atom. The van der Waals surface area contributed by atoms with Crippen LogP contribution in [0.2, 0.25) is 0 Å². The van der Waals surface area contributed by atoms with Crippen molar-refractivity contribution in [2.45, 2.75) is 52.2 Å². The van der Waals surface area contributed by atoms with Gasteiger partial charge in [0.15, 0.2) is 0 Å². The molecule has 12 heavy (non-hydrogen) atoms. The van der Waals surface area contributed by atoms with E-state index in [-0.39, 0.29) is 0 Å². The molecule has 74 valence electrons. The highest BCUT2D eigenvalue weighted by Gasteiger charge is 1.96. The maximum Gasteiger partial charge on any atom is 0.00944 e. The maximum atomic E-state index is 2.30. The molecular weight excluding hydrogens is 184 g/mol. The number of hydrogen-bond acceptors (Lipinski definition) is 2. The van der Waals surface area contributed by atoms with Gasteiger partial charge < -0.3 is 0 Å². The zero-order chi connectivity index (χ0) is 9.40. The van der Waals surface area contributed by atoms with Crippen LogP contribution in [-0.4, -0.2) is 11.0 Å². The summed E-state index contributed by atoms with van der Waals surface area (Å²) < 4.78 is 0.